The van der Waals surface area contributed by atoms with E-state index >= 15 is 0 Å². The number of rotatable bonds is 5. The van der Waals surface area contributed by atoms with Crippen molar-refractivity contribution in [1.82, 2.24) is 0 Å². The van der Waals surface area contributed by atoms with Crippen molar-refractivity contribution in [1.29, 1.82) is 0 Å². The van der Waals surface area contributed by atoms with E-state index in [1.807, 2.05) is 0 Å². The smallest absolute Gasteiger partial charge is 0.271 e. The molecule has 0 radical (unpaired) electrons. The molecule has 2 rings (SSSR count). The Hall–Kier alpha value is -3.29. The number of non-ortho nitro benzene ring substituents is 1. The van der Waals surface area contributed by atoms with Crippen LogP contribution in [0.2, 0.25) is 0 Å². The van der Waals surface area contributed by atoms with Crippen molar-refractivity contribution < 1.29 is 9.85 Å². The van der Waals surface area contributed by atoms with Crippen LogP contribution in [0.1, 0.15) is 12.5 Å². The minimum atomic E-state index is -0.501. The number of nitrogens with one attached hydrogen (secondary N) is 1. The number of nitro benzene ring substituents is 2. The topological polar surface area (TPSA) is 111 Å². The fraction of sp³-hybridized carbons (Fsp3) is 0.0714. The van der Waals surface area contributed by atoms with Crippen molar-refractivity contribution in [3.05, 3.63) is 74.3 Å². The van der Waals surface area contributed by atoms with Crippen LogP contribution in [0.15, 0.2) is 53.6 Å². The van der Waals surface area contributed by atoms with Crippen LogP contribution < -0.4 is 5.43 Å². The number of para-hydroxylation sites is 2. The first-order valence-electron chi connectivity index (χ1n) is 6.27. The zero-order chi connectivity index (χ0) is 16.1. The van der Waals surface area contributed by atoms with E-state index in [4.69, 9.17) is 0 Å². The summed E-state index contributed by atoms with van der Waals surface area (Å²) in [5.74, 6) is 0. The first-order chi connectivity index (χ1) is 10.5. The first kappa shape index (κ1) is 15.1. The number of nitro groups is 2. The molecule has 0 spiro atoms. The van der Waals surface area contributed by atoms with Gasteiger partial charge in [0.1, 0.15) is 5.69 Å². The molecule has 0 unspecified atom stereocenters. The van der Waals surface area contributed by atoms with Gasteiger partial charge in [0.05, 0.1) is 15.6 Å². The van der Waals surface area contributed by atoms with Gasteiger partial charge in [0.25, 0.3) is 11.4 Å². The molecule has 0 heterocycles. The average molecular weight is 300 g/mol. The monoisotopic (exact) mass is 300 g/mol. The molecule has 112 valence electrons. The lowest BCUT2D eigenvalue weighted by Crippen LogP contribution is -2.02. The van der Waals surface area contributed by atoms with Crippen molar-refractivity contribution in [3.8, 4) is 0 Å². The molecule has 0 aliphatic heterocycles. The Balaban J connectivity index is 2.19. The summed E-state index contributed by atoms with van der Waals surface area (Å²) in [6.45, 7) is 1.70. The molecule has 0 bridgehead atoms. The van der Waals surface area contributed by atoms with Gasteiger partial charge in [-0.1, -0.05) is 12.1 Å². The molecule has 0 saturated carbocycles. The van der Waals surface area contributed by atoms with Crippen molar-refractivity contribution >= 4 is 22.8 Å². The van der Waals surface area contributed by atoms with E-state index in [9.17, 15) is 20.2 Å². The molecule has 22 heavy (non-hydrogen) atoms. The quantitative estimate of drug-likeness (QED) is 0.517. The fourth-order valence-electron chi connectivity index (χ4n) is 1.76. The minimum absolute atomic E-state index is 0.0109. The summed E-state index contributed by atoms with van der Waals surface area (Å²) < 4.78 is 0. The molecular weight excluding hydrogens is 288 g/mol. The molecule has 0 aliphatic rings. The minimum Gasteiger partial charge on any atom is -0.271 e. The lowest BCUT2D eigenvalue weighted by Gasteiger charge is -2.04. The second kappa shape index (κ2) is 6.44. The summed E-state index contributed by atoms with van der Waals surface area (Å²) in [6, 6.07) is 12.0. The van der Waals surface area contributed by atoms with Gasteiger partial charge in [0.15, 0.2) is 0 Å². The molecule has 0 fully saturated rings. The number of anilines is 1. The highest BCUT2D eigenvalue weighted by molar-refractivity contribution is 5.99. The Morgan fingerprint density at radius 1 is 1.00 bits per heavy atom. The highest BCUT2D eigenvalue weighted by atomic mass is 16.6. The standard InChI is InChI=1S/C14H12N4O4/c1-10(11-6-8-12(9-7-11)17(19)20)15-16-13-4-2-3-5-14(13)18(21)22/h2-9,16H,1H3/b15-10+. The Labute approximate surface area is 125 Å². The van der Waals surface area contributed by atoms with E-state index in [1.165, 1.54) is 18.2 Å². The number of hydrogen-bond donors (Lipinski definition) is 1. The van der Waals surface area contributed by atoms with Gasteiger partial charge in [-0.3, -0.25) is 25.7 Å². The van der Waals surface area contributed by atoms with Crippen LogP contribution in [0.4, 0.5) is 17.1 Å². The number of hydrazone groups is 1. The fourth-order valence-corrected chi connectivity index (χ4v) is 1.76. The Kier molecular flexibility index (Phi) is 4.42. The molecule has 0 atom stereocenters. The Morgan fingerprint density at radius 3 is 2.23 bits per heavy atom. The van der Waals surface area contributed by atoms with E-state index in [0.717, 1.165) is 0 Å². The summed E-state index contributed by atoms with van der Waals surface area (Å²) in [5.41, 5.74) is 4.05. The van der Waals surface area contributed by atoms with E-state index < -0.39 is 9.85 Å². The SMILES string of the molecule is C/C(=N\Nc1ccccc1[N+](=O)[O-])c1ccc([N+](=O)[O-])cc1. The Morgan fingerprint density at radius 2 is 1.64 bits per heavy atom. The maximum atomic E-state index is 10.9. The van der Waals surface area contributed by atoms with E-state index in [0.29, 0.717) is 11.3 Å². The Bertz CT molecular complexity index is 741. The predicted molar refractivity (Wildman–Crippen MR) is 82.0 cm³/mol. The second-order valence-electron chi connectivity index (χ2n) is 4.39. The third kappa shape index (κ3) is 3.42. The summed E-state index contributed by atoms with van der Waals surface area (Å²) in [6.07, 6.45) is 0. The maximum absolute atomic E-state index is 10.9. The van der Waals surface area contributed by atoms with Gasteiger partial charge in [0, 0.05) is 18.2 Å². The molecular formula is C14H12N4O4. The second-order valence-corrected chi connectivity index (χ2v) is 4.39. The molecule has 0 aliphatic carbocycles. The zero-order valence-corrected chi connectivity index (χ0v) is 11.6. The number of benzene rings is 2. The van der Waals surface area contributed by atoms with Crippen LogP contribution in [0.5, 0.6) is 0 Å². The highest BCUT2D eigenvalue weighted by Gasteiger charge is 2.11. The maximum Gasteiger partial charge on any atom is 0.294 e. The number of nitrogens with zero attached hydrogens (tertiary/aromatic N) is 3. The lowest BCUT2D eigenvalue weighted by atomic mass is 10.1. The highest BCUT2D eigenvalue weighted by Crippen LogP contribution is 2.23. The van der Waals surface area contributed by atoms with Crippen LogP contribution in [0, 0.1) is 20.2 Å². The predicted octanol–water partition coefficient (Wildman–Crippen LogP) is 3.34. The van der Waals surface area contributed by atoms with E-state index in [-0.39, 0.29) is 17.1 Å². The molecule has 2 aromatic carbocycles. The third-order valence-corrected chi connectivity index (χ3v) is 2.94. The van der Waals surface area contributed by atoms with Gasteiger partial charge in [0.2, 0.25) is 0 Å². The van der Waals surface area contributed by atoms with Crippen LogP contribution in [-0.4, -0.2) is 15.6 Å². The summed E-state index contributed by atoms with van der Waals surface area (Å²) in [5, 5.41) is 25.6. The normalized spacial score (nSPS) is 11.0. The third-order valence-electron chi connectivity index (χ3n) is 2.94. The molecule has 1 N–H and O–H groups in total. The van der Waals surface area contributed by atoms with Gasteiger partial charge in [-0.15, -0.1) is 0 Å². The average Bonchev–Trinajstić information content (AvgIpc) is 2.52. The van der Waals surface area contributed by atoms with Crippen molar-refractivity contribution in [3.63, 3.8) is 0 Å². The molecule has 8 nitrogen and oxygen atoms in total. The molecule has 0 aromatic heterocycles. The lowest BCUT2D eigenvalue weighted by molar-refractivity contribution is -0.384. The van der Waals surface area contributed by atoms with Gasteiger partial charge in [-0.05, 0) is 30.7 Å². The van der Waals surface area contributed by atoms with Crippen LogP contribution in [-0.2, 0) is 0 Å². The zero-order valence-electron chi connectivity index (χ0n) is 11.6. The largest absolute Gasteiger partial charge is 0.294 e. The molecule has 0 saturated heterocycles. The van der Waals surface area contributed by atoms with E-state index in [1.54, 1.807) is 37.3 Å². The molecule has 0 amide bonds. The van der Waals surface area contributed by atoms with Crippen LogP contribution in [0.3, 0.4) is 0 Å². The van der Waals surface area contributed by atoms with Crippen molar-refractivity contribution in [2.45, 2.75) is 6.92 Å². The van der Waals surface area contributed by atoms with Gasteiger partial charge in [-0.2, -0.15) is 5.10 Å². The van der Waals surface area contributed by atoms with Crippen LogP contribution in [0.25, 0.3) is 0 Å². The van der Waals surface area contributed by atoms with Crippen LogP contribution >= 0.6 is 0 Å². The van der Waals surface area contributed by atoms with Gasteiger partial charge >= 0.3 is 0 Å². The number of hydrogen-bond acceptors (Lipinski definition) is 6. The van der Waals surface area contributed by atoms with E-state index in [2.05, 4.69) is 10.5 Å². The summed E-state index contributed by atoms with van der Waals surface area (Å²) in [4.78, 5) is 20.5. The summed E-state index contributed by atoms with van der Waals surface area (Å²) >= 11 is 0. The van der Waals surface area contributed by atoms with Gasteiger partial charge in [-0.25, -0.2) is 0 Å². The van der Waals surface area contributed by atoms with Crippen molar-refractivity contribution in [2.24, 2.45) is 5.10 Å². The van der Waals surface area contributed by atoms with Crippen molar-refractivity contribution in [2.75, 3.05) is 5.43 Å². The first-order valence-corrected chi connectivity index (χ1v) is 6.27. The molecule has 2 aromatic rings. The summed E-state index contributed by atoms with van der Waals surface area (Å²) in [7, 11) is 0. The molecule has 8 heteroatoms. The van der Waals surface area contributed by atoms with Gasteiger partial charge < -0.3 is 0 Å².